The molecule has 0 aliphatic heterocycles. The van der Waals surface area contributed by atoms with Crippen molar-refractivity contribution in [3.63, 3.8) is 0 Å². The van der Waals surface area contributed by atoms with Crippen LogP contribution in [0.4, 0.5) is 5.69 Å². The van der Waals surface area contributed by atoms with Gasteiger partial charge in [-0.2, -0.15) is 0 Å². The van der Waals surface area contributed by atoms with Gasteiger partial charge in [0, 0.05) is 5.69 Å². The Bertz CT molecular complexity index is 468. The average molecular weight is 278 g/mol. The van der Waals surface area contributed by atoms with Gasteiger partial charge in [-0.3, -0.25) is 4.98 Å². The van der Waals surface area contributed by atoms with Crippen LogP contribution in [0.5, 0.6) is 0 Å². The molecule has 4 heteroatoms. The Hall–Kier alpha value is -1.42. The summed E-state index contributed by atoms with van der Waals surface area (Å²) in [5.74, 6) is 0. The van der Waals surface area contributed by atoms with E-state index < -0.39 is 0 Å². The molecule has 0 amide bonds. The third-order valence-electron chi connectivity index (χ3n) is 2.16. The van der Waals surface area contributed by atoms with Crippen molar-refractivity contribution in [2.45, 2.75) is 13.5 Å². The first kappa shape index (κ1) is 11.1. The highest BCUT2D eigenvalue weighted by atomic mass is 79.9. The van der Waals surface area contributed by atoms with Crippen LogP contribution in [0, 0.1) is 6.92 Å². The van der Waals surface area contributed by atoms with Gasteiger partial charge in [0.15, 0.2) is 0 Å². The predicted molar refractivity (Wildman–Crippen MR) is 68.2 cm³/mol. The van der Waals surface area contributed by atoms with Crippen LogP contribution in [0.3, 0.4) is 0 Å². The molecule has 0 saturated heterocycles. The van der Waals surface area contributed by atoms with E-state index in [9.17, 15) is 0 Å². The molecule has 0 atom stereocenters. The molecular formula is C12H12BrN3. The summed E-state index contributed by atoms with van der Waals surface area (Å²) < 4.78 is 0.855. The minimum atomic E-state index is 0.699. The summed E-state index contributed by atoms with van der Waals surface area (Å²) >= 11 is 3.35. The van der Waals surface area contributed by atoms with E-state index in [2.05, 4.69) is 31.2 Å². The van der Waals surface area contributed by atoms with Crippen molar-refractivity contribution in [2.75, 3.05) is 5.32 Å². The Morgan fingerprint density at radius 2 is 2.12 bits per heavy atom. The van der Waals surface area contributed by atoms with E-state index in [-0.39, 0.29) is 0 Å². The highest BCUT2D eigenvalue weighted by Crippen LogP contribution is 2.09. The molecule has 0 radical (unpaired) electrons. The normalized spacial score (nSPS) is 10.1. The van der Waals surface area contributed by atoms with Gasteiger partial charge in [0.1, 0.15) is 4.60 Å². The number of aryl methyl sites for hydroxylation is 1. The second-order valence-corrected chi connectivity index (χ2v) is 4.31. The average Bonchev–Trinajstić information content (AvgIpc) is 2.28. The molecule has 2 aromatic rings. The maximum atomic E-state index is 4.34. The second kappa shape index (κ2) is 5.07. The summed E-state index contributed by atoms with van der Waals surface area (Å²) in [4.78, 5) is 8.56. The molecule has 0 aliphatic rings. The van der Waals surface area contributed by atoms with Gasteiger partial charge < -0.3 is 5.32 Å². The Morgan fingerprint density at radius 1 is 1.25 bits per heavy atom. The van der Waals surface area contributed by atoms with Crippen LogP contribution in [0.1, 0.15) is 11.4 Å². The van der Waals surface area contributed by atoms with Gasteiger partial charge in [-0.1, -0.05) is 6.07 Å². The molecule has 2 heterocycles. The molecule has 16 heavy (non-hydrogen) atoms. The van der Waals surface area contributed by atoms with E-state index in [0.717, 1.165) is 21.7 Å². The molecule has 0 aromatic carbocycles. The van der Waals surface area contributed by atoms with Crippen molar-refractivity contribution in [1.82, 2.24) is 9.97 Å². The Labute approximate surface area is 103 Å². The first-order valence-corrected chi connectivity index (χ1v) is 5.81. The molecule has 0 aliphatic carbocycles. The van der Waals surface area contributed by atoms with Crippen LogP contribution in [0.25, 0.3) is 0 Å². The molecule has 3 nitrogen and oxygen atoms in total. The fourth-order valence-corrected chi connectivity index (χ4v) is 1.69. The molecule has 0 bridgehead atoms. The molecule has 2 rings (SSSR count). The van der Waals surface area contributed by atoms with E-state index in [1.807, 2.05) is 43.5 Å². The van der Waals surface area contributed by atoms with Crippen molar-refractivity contribution in [2.24, 2.45) is 0 Å². The largest absolute Gasteiger partial charge is 0.378 e. The van der Waals surface area contributed by atoms with Crippen LogP contribution < -0.4 is 5.32 Å². The monoisotopic (exact) mass is 277 g/mol. The Morgan fingerprint density at radius 3 is 2.81 bits per heavy atom. The number of hydrogen-bond acceptors (Lipinski definition) is 3. The quantitative estimate of drug-likeness (QED) is 0.876. The van der Waals surface area contributed by atoms with Crippen molar-refractivity contribution in [3.8, 4) is 0 Å². The smallest absolute Gasteiger partial charge is 0.106 e. The zero-order valence-electron chi connectivity index (χ0n) is 8.94. The highest BCUT2D eigenvalue weighted by Gasteiger charge is 1.96. The van der Waals surface area contributed by atoms with E-state index >= 15 is 0 Å². The lowest BCUT2D eigenvalue weighted by Gasteiger charge is -2.05. The minimum Gasteiger partial charge on any atom is -0.378 e. The number of pyridine rings is 2. The fourth-order valence-electron chi connectivity index (χ4n) is 1.31. The lowest BCUT2D eigenvalue weighted by Crippen LogP contribution is -2.01. The van der Waals surface area contributed by atoms with Gasteiger partial charge >= 0.3 is 0 Å². The standard InChI is InChI=1S/C12H12BrN3/c1-9-5-6-10(7-14-9)15-8-11-3-2-4-12(13)16-11/h2-7,15H,8H2,1H3. The van der Waals surface area contributed by atoms with Gasteiger partial charge in [-0.25, -0.2) is 4.98 Å². The van der Waals surface area contributed by atoms with Gasteiger partial charge in [-0.15, -0.1) is 0 Å². The summed E-state index contributed by atoms with van der Waals surface area (Å²) in [6, 6.07) is 9.87. The summed E-state index contributed by atoms with van der Waals surface area (Å²) in [5, 5.41) is 3.27. The molecule has 0 fully saturated rings. The number of halogens is 1. The Balaban J connectivity index is 1.99. The molecule has 0 saturated carbocycles. The highest BCUT2D eigenvalue weighted by molar-refractivity contribution is 9.10. The Kier molecular flexibility index (Phi) is 3.51. The summed E-state index contributed by atoms with van der Waals surface area (Å²) in [5.41, 5.74) is 3.02. The summed E-state index contributed by atoms with van der Waals surface area (Å²) in [6.07, 6.45) is 1.83. The van der Waals surface area contributed by atoms with Gasteiger partial charge in [0.05, 0.1) is 24.1 Å². The number of rotatable bonds is 3. The van der Waals surface area contributed by atoms with Crippen molar-refractivity contribution < 1.29 is 0 Å². The van der Waals surface area contributed by atoms with Crippen LogP contribution in [-0.4, -0.2) is 9.97 Å². The number of hydrogen-bond donors (Lipinski definition) is 1. The molecule has 0 spiro atoms. The van der Waals surface area contributed by atoms with Gasteiger partial charge in [-0.05, 0) is 47.1 Å². The predicted octanol–water partition coefficient (Wildman–Crippen LogP) is 3.16. The number of anilines is 1. The van der Waals surface area contributed by atoms with E-state index in [4.69, 9.17) is 0 Å². The van der Waals surface area contributed by atoms with E-state index in [1.54, 1.807) is 0 Å². The third-order valence-corrected chi connectivity index (χ3v) is 2.60. The number of nitrogens with zero attached hydrogens (tertiary/aromatic N) is 2. The molecule has 0 unspecified atom stereocenters. The van der Waals surface area contributed by atoms with Gasteiger partial charge in [0.25, 0.3) is 0 Å². The van der Waals surface area contributed by atoms with E-state index in [1.165, 1.54) is 0 Å². The van der Waals surface area contributed by atoms with E-state index in [0.29, 0.717) is 6.54 Å². The van der Waals surface area contributed by atoms with Crippen molar-refractivity contribution in [1.29, 1.82) is 0 Å². The maximum Gasteiger partial charge on any atom is 0.106 e. The molecular weight excluding hydrogens is 266 g/mol. The molecule has 2 aromatic heterocycles. The van der Waals surface area contributed by atoms with Crippen molar-refractivity contribution in [3.05, 3.63) is 52.5 Å². The van der Waals surface area contributed by atoms with Crippen LogP contribution in [0.2, 0.25) is 0 Å². The first-order valence-electron chi connectivity index (χ1n) is 5.02. The first-order chi connectivity index (χ1) is 7.74. The molecule has 82 valence electrons. The lowest BCUT2D eigenvalue weighted by molar-refractivity contribution is 1.03. The number of nitrogens with one attached hydrogen (secondary N) is 1. The lowest BCUT2D eigenvalue weighted by atomic mass is 10.3. The third kappa shape index (κ3) is 3.03. The van der Waals surface area contributed by atoms with Crippen molar-refractivity contribution >= 4 is 21.6 Å². The second-order valence-electron chi connectivity index (χ2n) is 3.49. The summed E-state index contributed by atoms with van der Waals surface area (Å²) in [6.45, 7) is 2.67. The number of aromatic nitrogens is 2. The SMILES string of the molecule is Cc1ccc(NCc2cccc(Br)n2)cn1. The zero-order chi connectivity index (χ0) is 11.4. The minimum absolute atomic E-state index is 0.699. The van der Waals surface area contributed by atoms with Gasteiger partial charge in [0.2, 0.25) is 0 Å². The van der Waals surface area contributed by atoms with Crippen LogP contribution in [-0.2, 0) is 6.54 Å². The summed E-state index contributed by atoms with van der Waals surface area (Å²) in [7, 11) is 0. The zero-order valence-corrected chi connectivity index (χ0v) is 10.5. The fraction of sp³-hybridized carbons (Fsp3) is 0.167. The molecule has 1 N–H and O–H groups in total. The van der Waals surface area contributed by atoms with Crippen LogP contribution >= 0.6 is 15.9 Å². The maximum absolute atomic E-state index is 4.34. The topological polar surface area (TPSA) is 37.8 Å². The van der Waals surface area contributed by atoms with Crippen LogP contribution in [0.15, 0.2) is 41.1 Å².